The van der Waals surface area contributed by atoms with E-state index in [0.717, 1.165) is 4.57 Å². The molecule has 0 amide bonds. The largest absolute Gasteiger partial charge is 0.573 e. The smallest absolute Gasteiger partial charge is 0.405 e. The highest BCUT2D eigenvalue weighted by Crippen LogP contribution is 2.30. The maximum absolute atomic E-state index is 13.2. The summed E-state index contributed by atoms with van der Waals surface area (Å²) in [6.07, 6.45) is -1.80. The van der Waals surface area contributed by atoms with E-state index in [1.807, 2.05) is 13.8 Å². The number of nitrogens with zero attached hydrogens (tertiary/aromatic N) is 5. The van der Waals surface area contributed by atoms with E-state index in [9.17, 15) is 22.8 Å². The van der Waals surface area contributed by atoms with Crippen LogP contribution in [0, 0.1) is 5.92 Å². The van der Waals surface area contributed by atoms with Crippen molar-refractivity contribution in [3.8, 4) is 17.0 Å². The molecule has 0 unspecified atom stereocenters. The van der Waals surface area contributed by atoms with Crippen LogP contribution in [0.3, 0.4) is 0 Å². The first kappa shape index (κ1) is 23.3. The van der Waals surface area contributed by atoms with Gasteiger partial charge in [-0.15, -0.1) is 13.2 Å². The maximum atomic E-state index is 13.2. The quantitative estimate of drug-likeness (QED) is 0.428. The Bertz CT molecular complexity index is 1450. The van der Waals surface area contributed by atoms with Gasteiger partial charge in [-0.1, -0.05) is 32.0 Å². The number of hydrogen-bond acceptors (Lipinski definition) is 5. The number of hydrogen-bond donors (Lipinski definition) is 0. The number of alkyl halides is 3. The van der Waals surface area contributed by atoms with Crippen molar-refractivity contribution in [3.05, 3.63) is 75.2 Å². The Morgan fingerprint density at radius 3 is 2.38 bits per heavy atom. The Kier molecular flexibility index (Phi) is 6.03. The third-order valence-corrected chi connectivity index (χ3v) is 5.25. The predicted molar refractivity (Wildman–Crippen MR) is 120 cm³/mol. The van der Waals surface area contributed by atoms with Gasteiger partial charge in [0, 0.05) is 37.1 Å². The summed E-state index contributed by atoms with van der Waals surface area (Å²) in [6.45, 7) is 4.03. The van der Waals surface area contributed by atoms with Gasteiger partial charge >= 0.3 is 12.1 Å². The SMILES string of the molecule is CC(C)Cn1c(=O)n(C)c(=O)c2c(-c3ccncc3)n(Cc3ccccc3OC(F)(F)F)nc21. The molecule has 0 aliphatic carbocycles. The Morgan fingerprint density at radius 1 is 1.06 bits per heavy atom. The van der Waals surface area contributed by atoms with Gasteiger partial charge in [-0.2, -0.15) is 5.10 Å². The fourth-order valence-corrected chi connectivity index (χ4v) is 3.83. The van der Waals surface area contributed by atoms with Gasteiger partial charge in [0.2, 0.25) is 0 Å². The average molecular weight is 473 g/mol. The van der Waals surface area contributed by atoms with Crippen LogP contribution >= 0.6 is 0 Å². The number of fused-ring (bicyclic) bond motifs is 1. The molecule has 34 heavy (non-hydrogen) atoms. The molecule has 0 bridgehead atoms. The Morgan fingerprint density at radius 2 is 1.74 bits per heavy atom. The number of pyridine rings is 1. The van der Waals surface area contributed by atoms with E-state index in [1.165, 1.54) is 46.9 Å². The van der Waals surface area contributed by atoms with Crippen molar-refractivity contribution in [2.45, 2.75) is 33.3 Å². The number of aromatic nitrogens is 5. The fraction of sp³-hybridized carbons (Fsp3) is 0.304. The highest BCUT2D eigenvalue weighted by molar-refractivity contribution is 5.90. The molecular formula is C23H22F3N5O3. The van der Waals surface area contributed by atoms with Gasteiger partial charge in [-0.25, -0.2) is 4.79 Å². The minimum absolute atomic E-state index is 0.0776. The molecule has 4 aromatic rings. The molecule has 1 aromatic carbocycles. The molecule has 0 N–H and O–H groups in total. The maximum Gasteiger partial charge on any atom is 0.573 e. The summed E-state index contributed by atoms with van der Waals surface area (Å²) in [5.74, 6) is -0.295. The van der Waals surface area contributed by atoms with Crippen LogP contribution in [0.1, 0.15) is 19.4 Å². The summed E-state index contributed by atoms with van der Waals surface area (Å²) in [7, 11) is 1.39. The third kappa shape index (κ3) is 4.45. The van der Waals surface area contributed by atoms with Gasteiger partial charge in [0.1, 0.15) is 11.1 Å². The standard InChI is InChI=1S/C23H22F3N5O3/c1-14(2)12-30-20-18(21(32)29(3)22(30)33)19(15-8-10-27-11-9-15)31(28-20)13-16-6-4-5-7-17(16)34-23(24,25)26/h4-11,14H,12-13H2,1-3H3. The normalized spacial score (nSPS) is 12.0. The molecule has 0 aliphatic rings. The third-order valence-electron chi connectivity index (χ3n) is 5.25. The molecule has 3 heterocycles. The molecule has 0 aliphatic heterocycles. The Labute approximate surface area is 191 Å². The molecule has 3 aromatic heterocycles. The van der Waals surface area contributed by atoms with Gasteiger partial charge in [-0.05, 0) is 24.1 Å². The van der Waals surface area contributed by atoms with Crippen LogP contribution in [0.5, 0.6) is 5.75 Å². The molecule has 0 saturated heterocycles. The zero-order valence-corrected chi connectivity index (χ0v) is 18.7. The lowest BCUT2D eigenvalue weighted by Gasteiger charge is -2.14. The second-order valence-corrected chi connectivity index (χ2v) is 8.25. The van der Waals surface area contributed by atoms with E-state index in [-0.39, 0.29) is 34.8 Å². The van der Waals surface area contributed by atoms with Crippen LogP contribution in [0.2, 0.25) is 0 Å². The number of para-hydroxylation sites is 1. The Balaban J connectivity index is 2.01. The molecule has 8 nitrogen and oxygen atoms in total. The monoisotopic (exact) mass is 473 g/mol. The second-order valence-electron chi connectivity index (χ2n) is 8.25. The lowest BCUT2D eigenvalue weighted by Crippen LogP contribution is -2.38. The van der Waals surface area contributed by atoms with Gasteiger partial charge < -0.3 is 4.74 Å². The van der Waals surface area contributed by atoms with E-state index in [0.29, 0.717) is 17.8 Å². The molecule has 0 atom stereocenters. The molecule has 0 radical (unpaired) electrons. The van der Waals surface area contributed by atoms with Gasteiger partial charge in [0.05, 0.1) is 12.2 Å². The topological polar surface area (TPSA) is 83.9 Å². The summed E-state index contributed by atoms with van der Waals surface area (Å²) in [5.41, 5.74) is 0.270. The van der Waals surface area contributed by atoms with Crippen molar-refractivity contribution >= 4 is 11.0 Å². The van der Waals surface area contributed by atoms with Gasteiger partial charge in [0.15, 0.2) is 5.65 Å². The first-order valence-corrected chi connectivity index (χ1v) is 10.5. The molecule has 178 valence electrons. The lowest BCUT2D eigenvalue weighted by molar-refractivity contribution is -0.274. The number of halogens is 3. The highest BCUT2D eigenvalue weighted by Gasteiger charge is 2.32. The van der Waals surface area contributed by atoms with Crippen LogP contribution in [0.15, 0.2) is 58.4 Å². The van der Waals surface area contributed by atoms with Crippen molar-refractivity contribution in [1.82, 2.24) is 23.9 Å². The molecule has 11 heteroatoms. The zero-order chi connectivity index (χ0) is 24.6. The second kappa shape index (κ2) is 8.81. The van der Waals surface area contributed by atoms with Crippen LogP contribution in [-0.2, 0) is 20.1 Å². The van der Waals surface area contributed by atoms with Gasteiger partial charge in [-0.3, -0.25) is 23.6 Å². The van der Waals surface area contributed by atoms with E-state index in [1.54, 1.807) is 18.2 Å². The molecule has 0 saturated carbocycles. The number of rotatable bonds is 6. The van der Waals surface area contributed by atoms with Gasteiger partial charge in [0.25, 0.3) is 5.56 Å². The summed E-state index contributed by atoms with van der Waals surface area (Å²) in [4.78, 5) is 30.1. The van der Waals surface area contributed by atoms with Crippen molar-refractivity contribution in [1.29, 1.82) is 0 Å². The summed E-state index contributed by atoms with van der Waals surface area (Å²) in [6, 6.07) is 9.06. The summed E-state index contributed by atoms with van der Waals surface area (Å²) in [5, 5.41) is 4.74. The van der Waals surface area contributed by atoms with Crippen LogP contribution < -0.4 is 16.0 Å². The van der Waals surface area contributed by atoms with Crippen LogP contribution in [0.4, 0.5) is 13.2 Å². The predicted octanol–water partition coefficient (Wildman–Crippen LogP) is 3.56. The van der Waals surface area contributed by atoms with E-state index in [4.69, 9.17) is 0 Å². The van der Waals surface area contributed by atoms with Crippen LogP contribution in [-0.4, -0.2) is 30.3 Å². The minimum Gasteiger partial charge on any atom is -0.405 e. The number of benzene rings is 1. The first-order valence-electron chi connectivity index (χ1n) is 10.5. The lowest BCUT2D eigenvalue weighted by atomic mass is 10.1. The highest BCUT2D eigenvalue weighted by atomic mass is 19.4. The van der Waals surface area contributed by atoms with Crippen molar-refractivity contribution < 1.29 is 17.9 Å². The Hall–Kier alpha value is -3.89. The molecular weight excluding hydrogens is 451 g/mol. The van der Waals surface area contributed by atoms with E-state index >= 15 is 0 Å². The van der Waals surface area contributed by atoms with Crippen molar-refractivity contribution in [3.63, 3.8) is 0 Å². The zero-order valence-electron chi connectivity index (χ0n) is 18.7. The molecule has 0 spiro atoms. The summed E-state index contributed by atoms with van der Waals surface area (Å²) < 4.78 is 46.9. The molecule has 4 rings (SSSR count). The summed E-state index contributed by atoms with van der Waals surface area (Å²) >= 11 is 0. The van der Waals surface area contributed by atoms with Crippen LogP contribution in [0.25, 0.3) is 22.3 Å². The van der Waals surface area contributed by atoms with Crippen molar-refractivity contribution in [2.24, 2.45) is 13.0 Å². The average Bonchev–Trinajstić information content (AvgIpc) is 3.15. The fourth-order valence-electron chi connectivity index (χ4n) is 3.83. The molecule has 0 fully saturated rings. The first-order chi connectivity index (χ1) is 16.1. The van der Waals surface area contributed by atoms with E-state index < -0.39 is 17.6 Å². The minimum atomic E-state index is -4.87. The van der Waals surface area contributed by atoms with Crippen molar-refractivity contribution in [2.75, 3.05) is 0 Å². The van der Waals surface area contributed by atoms with E-state index in [2.05, 4.69) is 14.8 Å². The number of ether oxygens (including phenoxy) is 1.